The Labute approximate surface area is 100 Å². The van der Waals surface area contributed by atoms with E-state index in [1.54, 1.807) is 6.08 Å². The first-order valence-electron chi connectivity index (χ1n) is 6.01. The van der Waals surface area contributed by atoms with E-state index in [1.807, 2.05) is 0 Å². The van der Waals surface area contributed by atoms with Gasteiger partial charge in [0.2, 0.25) is 0 Å². The third kappa shape index (κ3) is 2.28. The molecule has 17 heavy (non-hydrogen) atoms. The molecule has 2 aliphatic carbocycles. The van der Waals surface area contributed by atoms with Gasteiger partial charge in [-0.3, -0.25) is 4.79 Å². The predicted molar refractivity (Wildman–Crippen MR) is 62.5 cm³/mol. The van der Waals surface area contributed by atoms with Crippen molar-refractivity contribution in [3.8, 4) is 0 Å². The molecular weight excluding hydrogens is 220 g/mol. The Morgan fingerprint density at radius 1 is 1.35 bits per heavy atom. The molecule has 2 rings (SSSR count). The normalized spacial score (nSPS) is 34.4. The van der Waals surface area contributed by atoms with Gasteiger partial charge in [-0.2, -0.15) is 0 Å². The first-order chi connectivity index (χ1) is 8.13. The van der Waals surface area contributed by atoms with Gasteiger partial charge >= 0.3 is 12.0 Å². The Hall–Kier alpha value is -1.52. The first-order valence-corrected chi connectivity index (χ1v) is 6.01. The zero-order valence-corrected chi connectivity index (χ0v) is 9.69. The van der Waals surface area contributed by atoms with Crippen molar-refractivity contribution in [1.82, 2.24) is 10.6 Å². The summed E-state index contributed by atoms with van der Waals surface area (Å²) in [6.45, 7) is 3.90. The molecule has 0 aromatic rings. The van der Waals surface area contributed by atoms with Crippen LogP contribution >= 0.6 is 0 Å². The lowest BCUT2D eigenvalue weighted by atomic mass is 9.84. The molecule has 2 aliphatic rings. The molecule has 0 aromatic carbocycles. The van der Waals surface area contributed by atoms with Crippen LogP contribution < -0.4 is 10.6 Å². The molecule has 0 spiro atoms. The summed E-state index contributed by atoms with van der Waals surface area (Å²) in [5, 5.41) is 14.6. The van der Waals surface area contributed by atoms with E-state index < -0.39 is 11.9 Å². The maximum atomic E-state index is 11.5. The van der Waals surface area contributed by atoms with Gasteiger partial charge in [0.1, 0.15) is 0 Å². The quantitative estimate of drug-likeness (QED) is 0.639. The van der Waals surface area contributed by atoms with Crippen LogP contribution in [-0.4, -0.2) is 29.7 Å². The second-order valence-corrected chi connectivity index (χ2v) is 4.87. The van der Waals surface area contributed by atoms with E-state index in [4.69, 9.17) is 0 Å². The van der Waals surface area contributed by atoms with E-state index >= 15 is 0 Å². The first kappa shape index (κ1) is 12.0. The fraction of sp³-hybridized carbons (Fsp3) is 0.667. The average Bonchev–Trinajstić information content (AvgIpc) is 2.86. The molecule has 4 unspecified atom stereocenters. The fourth-order valence-electron chi connectivity index (χ4n) is 3.22. The van der Waals surface area contributed by atoms with Gasteiger partial charge in [-0.25, -0.2) is 4.79 Å². The number of amides is 2. The van der Waals surface area contributed by atoms with Crippen LogP contribution in [-0.2, 0) is 4.79 Å². The zero-order valence-electron chi connectivity index (χ0n) is 9.69. The van der Waals surface area contributed by atoms with Crippen molar-refractivity contribution in [3.63, 3.8) is 0 Å². The predicted octanol–water partition coefficient (Wildman–Crippen LogP) is 0.971. The van der Waals surface area contributed by atoms with E-state index in [2.05, 4.69) is 17.2 Å². The summed E-state index contributed by atoms with van der Waals surface area (Å²) in [4.78, 5) is 22.7. The lowest BCUT2D eigenvalue weighted by Gasteiger charge is -2.28. The molecule has 0 radical (unpaired) electrons. The Kier molecular flexibility index (Phi) is 3.36. The molecule has 2 amide bonds. The molecule has 2 fully saturated rings. The summed E-state index contributed by atoms with van der Waals surface area (Å²) < 4.78 is 0. The highest BCUT2D eigenvalue weighted by Crippen LogP contribution is 2.48. The van der Waals surface area contributed by atoms with E-state index in [9.17, 15) is 14.7 Å². The molecule has 0 aromatic heterocycles. The van der Waals surface area contributed by atoms with Crippen LogP contribution in [0.25, 0.3) is 0 Å². The molecule has 5 nitrogen and oxygen atoms in total. The Morgan fingerprint density at radius 2 is 2.06 bits per heavy atom. The van der Waals surface area contributed by atoms with Crippen molar-refractivity contribution in [2.24, 2.45) is 17.8 Å². The minimum atomic E-state index is -0.786. The van der Waals surface area contributed by atoms with Gasteiger partial charge in [0, 0.05) is 12.6 Å². The number of carboxylic acids is 1. The topological polar surface area (TPSA) is 78.4 Å². The maximum Gasteiger partial charge on any atom is 0.315 e. The number of aliphatic carboxylic acids is 1. The van der Waals surface area contributed by atoms with Crippen LogP contribution in [0.1, 0.15) is 19.3 Å². The fourth-order valence-corrected chi connectivity index (χ4v) is 3.22. The Bertz CT molecular complexity index is 343. The second kappa shape index (κ2) is 4.77. The average molecular weight is 238 g/mol. The van der Waals surface area contributed by atoms with Crippen LogP contribution in [0.3, 0.4) is 0 Å². The molecule has 2 saturated carbocycles. The minimum absolute atomic E-state index is 0.212. The number of urea groups is 1. The third-order valence-corrected chi connectivity index (χ3v) is 3.91. The largest absolute Gasteiger partial charge is 0.481 e. The van der Waals surface area contributed by atoms with E-state index in [-0.39, 0.29) is 18.0 Å². The van der Waals surface area contributed by atoms with Crippen LogP contribution in [0.5, 0.6) is 0 Å². The van der Waals surface area contributed by atoms with E-state index in [1.165, 1.54) is 0 Å². The number of nitrogens with one attached hydrogen (secondary N) is 2. The lowest BCUT2D eigenvalue weighted by molar-refractivity contribution is -0.144. The number of carbonyl (C=O) groups excluding carboxylic acids is 1. The van der Waals surface area contributed by atoms with Crippen molar-refractivity contribution in [3.05, 3.63) is 12.7 Å². The van der Waals surface area contributed by atoms with Gasteiger partial charge in [0.15, 0.2) is 0 Å². The monoisotopic (exact) mass is 238 g/mol. The number of hydrogen-bond donors (Lipinski definition) is 3. The van der Waals surface area contributed by atoms with Crippen molar-refractivity contribution < 1.29 is 14.7 Å². The zero-order chi connectivity index (χ0) is 12.4. The SMILES string of the molecule is C=CCNC(=O)NC1C2CCC(C2)C1C(=O)O. The summed E-state index contributed by atoms with van der Waals surface area (Å²) in [6, 6.07) is -0.509. The third-order valence-electron chi connectivity index (χ3n) is 3.91. The van der Waals surface area contributed by atoms with Gasteiger partial charge in [0.25, 0.3) is 0 Å². The summed E-state index contributed by atoms with van der Waals surface area (Å²) in [5.41, 5.74) is 0. The number of hydrogen-bond acceptors (Lipinski definition) is 2. The summed E-state index contributed by atoms with van der Waals surface area (Å²) in [6.07, 6.45) is 4.54. The van der Waals surface area contributed by atoms with Gasteiger partial charge in [-0.1, -0.05) is 6.08 Å². The number of carboxylic acid groups (broad SMARTS) is 1. The van der Waals surface area contributed by atoms with E-state index in [0.29, 0.717) is 12.5 Å². The molecule has 4 atom stereocenters. The van der Waals surface area contributed by atoms with Gasteiger partial charge < -0.3 is 15.7 Å². The maximum absolute atomic E-state index is 11.5. The summed E-state index contributed by atoms with van der Waals surface area (Å²) in [7, 11) is 0. The highest BCUT2D eigenvalue weighted by Gasteiger charge is 2.51. The van der Waals surface area contributed by atoms with Gasteiger partial charge in [-0.15, -0.1) is 6.58 Å². The van der Waals surface area contributed by atoms with Crippen molar-refractivity contribution >= 4 is 12.0 Å². The molecule has 5 heteroatoms. The number of carbonyl (C=O) groups is 2. The van der Waals surface area contributed by atoms with Crippen molar-refractivity contribution in [1.29, 1.82) is 0 Å². The number of rotatable bonds is 4. The molecular formula is C12H18N2O3. The summed E-state index contributed by atoms with van der Waals surface area (Å²) in [5.74, 6) is -0.632. The van der Waals surface area contributed by atoms with Gasteiger partial charge in [-0.05, 0) is 31.1 Å². The van der Waals surface area contributed by atoms with E-state index in [0.717, 1.165) is 19.3 Å². The van der Waals surface area contributed by atoms with Crippen LogP contribution in [0.4, 0.5) is 4.79 Å². The molecule has 0 heterocycles. The summed E-state index contributed by atoms with van der Waals surface area (Å²) >= 11 is 0. The molecule has 0 saturated heterocycles. The van der Waals surface area contributed by atoms with Crippen LogP contribution in [0.15, 0.2) is 12.7 Å². The minimum Gasteiger partial charge on any atom is -0.481 e. The van der Waals surface area contributed by atoms with Crippen molar-refractivity contribution in [2.75, 3.05) is 6.54 Å². The lowest BCUT2D eigenvalue weighted by Crippen LogP contribution is -2.50. The van der Waals surface area contributed by atoms with Gasteiger partial charge in [0.05, 0.1) is 5.92 Å². The Morgan fingerprint density at radius 3 is 2.71 bits per heavy atom. The highest BCUT2D eigenvalue weighted by molar-refractivity contribution is 5.77. The molecule has 0 aliphatic heterocycles. The van der Waals surface area contributed by atoms with Crippen molar-refractivity contribution in [2.45, 2.75) is 25.3 Å². The molecule has 94 valence electrons. The van der Waals surface area contributed by atoms with Crippen LogP contribution in [0.2, 0.25) is 0 Å². The number of fused-ring (bicyclic) bond motifs is 2. The standard InChI is InChI=1S/C12H18N2O3/c1-2-5-13-12(17)14-10-8-4-3-7(6-8)9(10)11(15)16/h2,7-10H,1,3-6H2,(H,15,16)(H2,13,14,17). The molecule has 3 N–H and O–H groups in total. The Balaban J connectivity index is 1.96. The van der Waals surface area contributed by atoms with Crippen LogP contribution in [0, 0.1) is 17.8 Å². The highest BCUT2D eigenvalue weighted by atomic mass is 16.4. The smallest absolute Gasteiger partial charge is 0.315 e. The second-order valence-electron chi connectivity index (χ2n) is 4.87. The molecule has 2 bridgehead atoms.